The van der Waals surface area contributed by atoms with Crippen LogP contribution in [0.1, 0.15) is 36.5 Å². The van der Waals surface area contributed by atoms with E-state index in [0.717, 1.165) is 5.56 Å². The van der Waals surface area contributed by atoms with Gasteiger partial charge in [0, 0.05) is 24.4 Å². The first kappa shape index (κ1) is 24.9. The number of esters is 2. The number of carbonyl (C=O) groups is 2. The molecule has 0 bridgehead atoms. The van der Waals surface area contributed by atoms with Crippen LogP contribution in [0.5, 0.6) is 0 Å². The molecule has 2 aliphatic heterocycles. The second-order valence-electron chi connectivity index (χ2n) is 10.0. The molecule has 3 aromatic carbocycles. The van der Waals surface area contributed by atoms with Crippen LogP contribution in [-0.4, -0.2) is 29.0 Å². The molecule has 1 fully saturated rings. The van der Waals surface area contributed by atoms with Crippen LogP contribution in [0, 0.1) is 6.92 Å². The Labute approximate surface area is 228 Å². The summed E-state index contributed by atoms with van der Waals surface area (Å²) in [4.78, 5) is 42.2. The number of hydrogen-bond donors (Lipinski definition) is 0. The second kappa shape index (κ2) is 8.81. The molecule has 3 heterocycles. The highest BCUT2D eigenvalue weighted by atomic mass is 35.5. The van der Waals surface area contributed by atoms with E-state index < -0.39 is 34.6 Å². The molecule has 6 rings (SSSR count). The maximum Gasteiger partial charge on any atom is 0.350 e. The van der Waals surface area contributed by atoms with Crippen molar-refractivity contribution in [2.75, 3.05) is 5.01 Å². The normalized spacial score (nSPS) is 19.6. The third-order valence-electron chi connectivity index (χ3n) is 6.94. The first-order valence-corrected chi connectivity index (χ1v) is 12.7. The lowest BCUT2D eigenvalue weighted by atomic mass is 9.74. The van der Waals surface area contributed by atoms with Gasteiger partial charge in [0.1, 0.15) is 5.58 Å². The van der Waals surface area contributed by atoms with Gasteiger partial charge in [-0.2, -0.15) is 5.10 Å². The van der Waals surface area contributed by atoms with E-state index in [-0.39, 0.29) is 11.3 Å². The van der Waals surface area contributed by atoms with Gasteiger partial charge < -0.3 is 13.9 Å². The Balaban J connectivity index is 1.69. The van der Waals surface area contributed by atoms with Crippen molar-refractivity contribution in [3.8, 4) is 0 Å². The lowest BCUT2D eigenvalue weighted by Crippen LogP contribution is -2.67. The Kier molecular flexibility index (Phi) is 5.62. The molecule has 0 saturated carbocycles. The molecule has 9 heteroatoms. The van der Waals surface area contributed by atoms with Gasteiger partial charge in [-0.25, -0.2) is 14.6 Å². The summed E-state index contributed by atoms with van der Waals surface area (Å²) < 4.78 is 17.3. The lowest BCUT2D eigenvalue weighted by Gasteiger charge is -2.44. The summed E-state index contributed by atoms with van der Waals surface area (Å²) in [7, 11) is 0. The Morgan fingerprint density at radius 1 is 0.897 bits per heavy atom. The van der Waals surface area contributed by atoms with Crippen LogP contribution in [0.2, 0.25) is 5.02 Å². The van der Waals surface area contributed by atoms with Crippen molar-refractivity contribution >= 4 is 45.9 Å². The van der Waals surface area contributed by atoms with E-state index in [9.17, 15) is 14.4 Å². The minimum Gasteiger partial charge on any atom is -0.464 e. The number of cyclic esters (lactones) is 2. The van der Waals surface area contributed by atoms with Crippen molar-refractivity contribution in [3.05, 3.63) is 111 Å². The van der Waals surface area contributed by atoms with Gasteiger partial charge in [-0.05, 0) is 48.9 Å². The molecule has 0 aliphatic carbocycles. The largest absolute Gasteiger partial charge is 0.464 e. The molecule has 1 unspecified atom stereocenters. The number of nitrogens with zero attached hydrogens (tertiary/aromatic N) is 2. The van der Waals surface area contributed by atoms with Gasteiger partial charge in [0.25, 0.3) is 11.3 Å². The zero-order chi connectivity index (χ0) is 27.5. The number of rotatable bonds is 3. The van der Waals surface area contributed by atoms with Gasteiger partial charge >= 0.3 is 11.9 Å². The number of hydrazone groups is 1. The molecule has 196 valence electrons. The summed E-state index contributed by atoms with van der Waals surface area (Å²) in [6.45, 7) is 4.81. The topological polar surface area (TPSA) is 98.4 Å². The Hall–Kier alpha value is -4.43. The monoisotopic (exact) mass is 542 g/mol. The lowest BCUT2D eigenvalue weighted by molar-refractivity contribution is -0.242. The predicted molar refractivity (Wildman–Crippen MR) is 146 cm³/mol. The van der Waals surface area contributed by atoms with Gasteiger partial charge in [0.2, 0.25) is 0 Å². The van der Waals surface area contributed by atoms with Gasteiger partial charge in [-0.1, -0.05) is 53.6 Å². The summed E-state index contributed by atoms with van der Waals surface area (Å²) in [5.41, 5.74) is -0.0241. The number of fused-ring (bicyclic) bond motifs is 1. The highest BCUT2D eigenvalue weighted by Crippen LogP contribution is 2.48. The van der Waals surface area contributed by atoms with Crippen LogP contribution in [0.4, 0.5) is 5.69 Å². The maximum absolute atomic E-state index is 14.1. The molecule has 1 saturated heterocycles. The molecule has 4 aromatic rings. The van der Waals surface area contributed by atoms with Crippen molar-refractivity contribution in [3.63, 3.8) is 0 Å². The molecule has 2 aliphatic rings. The fourth-order valence-electron chi connectivity index (χ4n) is 5.19. The molecule has 1 atom stereocenters. The first-order chi connectivity index (χ1) is 18.6. The number of carbonyl (C=O) groups excluding carboxylic acids is 2. The highest BCUT2D eigenvalue weighted by Gasteiger charge is 2.70. The molecule has 0 N–H and O–H groups in total. The summed E-state index contributed by atoms with van der Waals surface area (Å²) in [5.74, 6) is -4.54. The second-order valence-corrected chi connectivity index (χ2v) is 10.5. The Bertz CT molecular complexity index is 1710. The fraction of sp³-hybridized carbons (Fsp3) is 0.200. The van der Waals surface area contributed by atoms with E-state index in [1.165, 1.54) is 25.1 Å². The SMILES string of the molecule is Cc1ccc2occ(C3C(c4ccc(Cl)cc4)=NN(c4ccccc4)C34C(=O)OC(C)(C)OC4=O)c(=O)c2c1. The number of halogens is 1. The van der Waals surface area contributed by atoms with Crippen molar-refractivity contribution in [2.45, 2.75) is 38.0 Å². The standard InChI is InChI=1S/C30H23ClN2O6/c1-17-9-14-23-21(15-17)26(34)22(16-37-23)24-25(18-10-12-19(31)13-11-18)32-33(20-7-5-4-6-8-20)30(24)27(35)38-29(2,3)39-28(30)36/h4-16,24H,1-3H3. The number of aryl methyl sites for hydroxylation is 1. The zero-order valence-electron chi connectivity index (χ0n) is 21.3. The summed E-state index contributed by atoms with van der Waals surface area (Å²) in [6.07, 6.45) is 1.28. The molecule has 1 spiro atoms. The van der Waals surface area contributed by atoms with Gasteiger partial charge in [-0.3, -0.25) is 4.79 Å². The predicted octanol–water partition coefficient (Wildman–Crippen LogP) is 5.34. The average molecular weight is 543 g/mol. The van der Waals surface area contributed by atoms with Crippen LogP contribution in [0.3, 0.4) is 0 Å². The summed E-state index contributed by atoms with van der Waals surface area (Å²) in [5, 5.41) is 6.90. The van der Waals surface area contributed by atoms with Crippen LogP contribution >= 0.6 is 11.6 Å². The highest BCUT2D eigenvalue weighted by molar-refractivity contribution is 6.30. The number of ether oxygens (including phenoxy) is 2. The van der Waals surface area contributed by atoms with Crippen LogP contribution in [0.15, 0.2) is 93.4 Å². The van der Waals surface area contributed by atoms with Crippen LogP contribution in [0.25, 0.3) is 11.0 Å². The molecular weight excluding hydrogens is 520 g/mol. The van der Waals surface area contributed by atoms with Crippen molar-refractivity contribution in [1.82, 2.24) is 0 Å². The molecule has 39 heavy (non-hydrogen) atoms. The zero-order valence-corrected chi connectivity index (χ0v) is 22.1. The van der Waals surface area contributed by atoms with Crippen molar-refractivity contribution in [2.24, 2.45) is 5.10 Å². The quantitative estimate of drug-likeness (QED) is 0.254. The van der Waals surface area contributed by atoms with Crippen molar-refractivity contribution < 1.29 is 23.5 Å². The summed E-state index contributed by atoms with van der Waals surface area (Å²) in [6, 6.07) is 20.7. The first-order valence-electron chi connectivity index (χ1n) is 12.3. The smallest absolute Gasteiger partial charge is 0.350 e. The minimum absolute atomic E-state index is 0.0637. The molecule has 0 radical (unpaired) electrons. The number of benzene rings is 3. The number of para-hydroxylation sites is 1. The van der Waals surface area contributed by atoms with Crippen LogP contribution < -0.4 is 10.4 Å². The molecule has 8 nitrogen and oxygen atoms in total. The van der Waals surface area contributed by atoms with Crippen molar-refractivity contribution in [1.29, 1.82) is 0 Å². The van der Waals surface area contributed by atoms with E-state index in [4.69, 9.17) is 30.6 Å². The van der Waals surface area contributed by atoms with E-state index in [2.05, 4.69) is 0 Å². The van der Waals surface area contributed by atoms with E-state index in [1.54, 1.807) is 66.7 Å². The Morgan fingerprint density at radius 3 is 2.23 bits per heavy atom. The maximum atomic E-state index is 14.1. The number of hydrogen-bond acceptors (Lipinski definition) is 8. The molecular formula is C30H23ClN2O6. The van der Waals surface area contributed by atoms with Crippen LogP contribution in [-0.2, 0) is 19.1 Å². The van der Waals surface area contributed by atoms with Gasteiger partial charge in [0.15, 0.2) is 5.43 Å². The third kappa shape index (κ3) is 3.82. The van der Waals surface area contributed by atoms with Gasteiger partial charge in [-0.15, -0.1) is 0 Å². The molecule has 1 aromatic heterocycles. The fourth-order valence-corrected chi connectivity index (χ4v) is 5.31. The number of anilines is 1. The molecule has 0 amide bonds. The summed E-state index contributed by atoms with van der Waals surface area (Å²) >= 11 is 6.16. The third-order valence-corrected chi connectivity index (χ3v) is 7.19. The Morgan fingerprint density at radius 2 is 1.56 bits per heavy atom. The minimum atomic E-state index is -2.18. The van der Waals surface area contributed by atoms with E-state index >= 15 is 0 Å². The van der Waals surface area contributed by atoms with E-state index in [1.807, 2.05) is 13.0 Å². The van der Waals surface area contributed by atoms with E-state index in [0.29, 0.717) is 27.2 Å². The average Bonchev–Trinajstić information content (AvgIpc) is 3.26. The van der Waals surface area contributed by atoms with Gasteiger partial charge in [0.05, 0.1) is 29.0 Å².